The molecule has 0 radical (unpaired) electrons. The minimum absolute atomic E-state index is 0.402. The van der Waals surface area contributed by atoms with Crippen LogP contribution in [0.5, 0.6) is 0 Å². The SMILES string of the molecule is O=C(O)C(CN1CCn2cnnc2C1)NC1CC1. The first-order valence-corrected chi connectivity index (χ1v) is 6.30. The highest BCUT2D eigenvalue weighted by atomic mass is 16.4. The summed E-state index contributed by atoms with van der Waals surface area (Å²) in [5.41, 5.74) is 0. The molecule has 1 fully saturated rings. The number of rotatable bonds is 5. The third kappa shape index (κ3) is 2.51. The molecule has 2 aliphatic rings. The average molecular weight is 251 g/mol. The van der Waals surface area contributed by atoms with E-state index in [2.05, 4.69) is 20.4 Å². The lowest BCUT2D eigenvalue weighted by atomic mass is 10.2. The van der Waals surface area contributed by atoms with Gasteiger partial charge in [-0.1, -0.05) is 0 Å². The molecular formula is C11H17N5O2. The van der Waals surface area contributed by atoms with Crippen LogP contribution < -0.4 is 5.32 Å². The van der Waals surface area contributed by atoms with E-state index < -0.39 is 12.0 Å². The number of hydrogen-bond donors (Lipinski definition) is 2. The molecule has 1 atom stereocenters. The largest absolute Gasteiger partial charge is 0.480 e. The van der Waals surface area contributed by atoms with Gasteiger partial charge in [0.25, 0.3) is 0 Å². The summed E-state index contributed by atoms with van der Waals surface area (Å²) < 4.78 is 2.01. The summed E-state index contributed by atoms with van der Waals surface area (Å²) in [7, 11) is 0. The zero-order chi connectivity index (χ0) is 12.5. The molecule has 2 N–H and O–H groups in total. The Balaban J connectivity index is 1.59. The van der Waals surface area contributed by atoms with Crippen molar-refractivity contribution in [1.82, 2.24) is 25.0 Å². The maximum absolute atomic E-state index is 11.2. The average Bonchev–Trinajstić information content (AvgIpc) is 3.04. The molecule has 1 aliphatic carbocycles. The van der Waals surface area contributed by atoms with Crippen molar-refractivity contribution in [2.24, 2.45) is 0 Å². The smallest absolute Gasteiger partial charge is 0.322 e. The predicted molar refractivity (Wildman–Crippen MR) is 62.9 cm³/mol. The first-order chi connectivity index (χ1) is 8.72. The Morgan fingerprint density at radius 3 is 3.11 bits per heavy atom. The van der Waals surface area contributed by atoms with Gasteiger partial charge in [0.05, 0.1) is 6.54 Å². The summed E-state index contributed by atoms with van der Waals surface area (Å²) in [5.74, 6) is 0.144. The molecule has 1 aliphatic heterocycles. The van der Waals surface area contributed by atoms with Gasteiger partial charge >= 0.3 is 5.97 Å². The Kier molecular flexibility index (Phi) is 3.00. The van der Waals surface area contributed by atoms with Gasteiger partial charge in [0.15, 0.2) is 0 Å². The van der Waals surface area contributed by atoms with Crippen LogP contribution in [0, 0.1) is 0 Å². The van der Waals surface area contributed by atoms with E-state index in [9.17, 15) is 9.90 Å². The van der Waals surface area contributed by atoms with Crippen LogP contribution in [0.2, 0.25) is 0 Å². The number of carboxylic acids is 1. The lowest BCUT2D eigenvalue weighted by molar-refractivity contribution is -0.140. The van der Waals surface area contributed by atoms with Crippen molar-refractivity contribution in [2.45, 2.75) is 38.0 Å². The first-order valence-electron chi connectivity index (χ1n) is 6.30. The highest BCUT2D eigenvalue weighted by molar-refractivity contribution is 5.73. The summed E-state index contributed by atoms with van der Waals surface area (Å²) in [6.07, 6.45) is 3.92. The fourth-order valence-electron chi connectivity index (χ4n) is 2.27. The second-order valence-electron chi connectivity index (χ2n) is 5.01. The molecule has 0 spiro atoms. The lowest BCUT2D eigenvalue weighted by Gasteiger charge is -2.29. The highest BCUT2D eigenvalue weighted by Crippen LogP contribution is 2.20. The van der Waals surface area contributed by atoms with Crippen LogP contribution in [0.15, 0.2) is 6.33 Å². The van der Waals surface area contributed by atoms with Gasteiger partial charge in [-0.05, 0) is 12.8 Å². The summed E-state index contributed by atoms with van der Waals surface area (Å²) >= 11 is 0. The van der Waals surface area contributed by atoms with Crippen molar-refractivity contribution in [3.8, 4) is 0 Å². The van der Waals surface area contributed by atoms with Crippen LogP contribution in [0.3, 0.4) is 0 Å². The van der Waals surface area contributed by atoms with Gasteiger partial charge in [-0.15, -0.1) is 10.2 Å². The van der Waals surface area contributed by atoms with E-state index in [0.717, 1.165) is 31.8 Å². The molecule has 1 aromatic rings. The minimum atomic E-state index is -0.769. The van der Waals surface area contributed by atoms with E-state index >= 15 is 0 Å². The van der Waals surface area contributed by atoms with E-state index in [1.807, 2.05) is 4.57 Å². The van der Waals surface area contributed by atoms with Gasteiger partial charge in [-0.2, -0.15) is 0 Å². The van der Waals surface area contributed by atoms with E-state index in [-0.39, 0.29) is 0 Å². The Hall–Kier alpha value is -1.47. The monoisotopic (exact) mass is 251 g/mol. The predicted octanol–water partition coefficient (Wildman–Crippen LogP) is -0.701. The molecule has 18 heavy (non-hydrogen) atoms. The maximum Gasteiger partial charge on any atom is 0.322 e. The van der Waals surface area contributed by atoms with Crippen LogP contribution >= 0.6 is 0 Å². The van der Waals surface area contributed by atoms with E-state index in [1.54, 1.807) is 6.33 Å². The lowest BCUT2D eigenvalue weighted by Crippen LogP contribution is -2.48. The zero-order valence-electron chi connectivity index (χ0n) is 10.1. The van der Waals surface area contributed by atoms with Crippen LogP contribution in [0.1, 0.15) is 18.7 Å². The van der Waals surface area contributed by atoms with E-state index in [1.165, 1.54) is 0 Å². The molecular weight excluding hydrogens is 234 g/mol. The molecule has 1 saturated carbocycles. The van der Waals surface area contributed by atoms with E-state index in [0.29, 0.717) is 19.1 Å². The van der Waals surface area contributed by atoms with Gasteiger partial charge in [0.1, 0.15) is 18.2 Å². The third-order valence-electron chi connectivity index (χ3n) is 3.47. The fraction of sp³-hybridized carbons (Fsp3) is 0.727. The molecule has 2 heterocycles. The number of nitrogens with one attached hydrogen (secondary N) is 1. The number of nitrogens with zero attached hydrogens (tertiary/aromatic N) is 4. The number of fused-ring (bicyclic) bond motifs is 1. The molecule has 7 nitrogen and oxygen atoms in total. The molecule has 0 saturated heterocycles. The quantitative estimate of drug-likeness (QED) is 0.720. The molecule has 0 aromatic carbocycles. The molecule has 1 unspecified atom stereocenters. The fourth-order valence-corrected chi connectivity index (χ4v) is 2.27. The second kappa shape index (κ2) is 4.66. The van der Waals surface area contributed by atoms with Gasteiger partial charge < -0.3 is 15.0 Å². The normalized spacial score (nSPS) is 21.6. The topological polar surface area (TPSA) is 83.3 Å². The number of hydrogen-bond acceptors (Lipinski definition) is 5. The Morgan fingerprint density at radius 2 is 2.39 bits per heavy atom. The van der Waals surface area contributed by atoms with Crippen molar-refractivity contribution >= 4 is 5.97 Å². The summed E-state index contributed by atoms with van der Waals surface area (Å²) in [4.78, 5) is 13.3. The molecule has 0 bridgehead atoms. The highest BCUT2D eigenvalue weighted by Gasteiger charge is 2.30. The maximum atomic E-state index is 11.2. The number of aromatic nitrogens is 3. The van der Waals surface area contributed by atoms with Crippen molar-refractivity contribution in [3.63, 3.8) is 0 Å². The zero-order valence-corrected chi connectivity index (χ0v) is 10.1. The number of aliphatic carboxylic acids is 1. The van der Waals surface area contributed by atoms with Crippen LogP contribution in [0.4, 0.5) is 0 Å². The van der Waals surface area contributed by atoms with Crippen LogP contribution in [-0.4, -0.2) is 55.9 Å². The molecule has 3 rings (SSSR count). The first kappa shape index (κ1) is 11.6. The van der Waals surface area contributed by atoms with Gasteiger partial charge in [0, 0.05) is 25.7 Å². The Bertz CT molecular complexity index is 442. The van der Waals surface area contributed by atoms with Gasteiger partial charge in [0.2, 0.25) is 0 Å². The summed E-state index contributed by atoms with van der Waals surface area (Å²) in [6, 6.07) is -0.0773. The van der Waals surface area contributed by atoms with Crippen molar-refractivity contribution in [1.29, 1.82) is 0 Å². The standard InChI is InChI=1S/C11H17N5O2/c17-11(18)9(13-8-1-2-8)5-15-3-4-16-7-12-14-10(16)6-15/h7-9,13H,1-6H2,(H,17,18). The second-order valence-corrected chi connectivity index (χ2v) is 5.01. The third-order valence-corrected chi connectivity index (χ3v) is 3.47. The summed E-state index contributed by atoms with van der Waals surface area (Å²) in [6.45, 7) is 2.88. The van der Waals surface area contributed by atoms with Crippen molar-refractivity contribution in [2.75, 3.05) is 13.1 Å². The minimum Gasteiger partial charge on any atom is -0.480 e. The number of carbonyl (C=O) groups is 1. The van der Waals surface area contributed by atoms with Crippen LogP contribution in [-0.2, 0) is 17.9 Å². The summed E-state index contributed by atoms with van der Waals surface area (Å²) in [5, 5.41) is 20.3. The Labute approximate surface area is 105 Å². The van der Waals surface area contributed by atoms with Crippen molar-refractivity contribution < 1.29 is 9.90 Å². The molecule has 0 amide bonds. The molecule has 98 valence electrons. The van der Waals surface area contributed by atoms with Crippen LogP contribution in [0.25, 0.3) is 0 Å². The molecule has 7 heteroatoms. The number of carboxylic acid groups (broad SMARTS) is 1. The van der Waals surface area contributed by atoms with E-state index in [4.69, 9.17) is 0 Å². The Morgan fingerprint density at radius 1 is 1.56 bits per heavy atom. The van der Waals surface area contributed by atoms with Crippen molar-refractivity contribution in [3.05, 3.63) is 12.2 Å². The van der Waals surface area contributed by atoms with Gasteiger partial charge in [-0.3, -0.25) is 9.69 Å². The van der Waals surface area contributed by atoms with Gasteiger partial charge in [-0.25, -0.2) is 0 Å². The molecule has 1 aromatic heterocycles.